The highest BCUT2D eigenvalue weighted by atomic mass is 16.4. The number of fused-ring (bicyclic) bond motifs is 1. The molecular formula is C17H12N2O4. The number of nitrogens with one attached hydrogen (secondary N) is 1. The maximum absolute atomic E-state index is 11.4. The van der Waals surface area contributed by atoms with Gasteiger partial charge in [0.25, 0.3) is 0 Å². The third kappa shape index (κ3) is 2.82. The SMILES string of the molecule is O=C(O)c1ccc(Nc2c(C(=O)O)cnc3ccccc23)cc1. The lowest BCUT2D eigenvalue weighted by Crippen LogP contribution is -2.05. The van der Waals surface area contributed by atoms with Crippen LogP contribution in [0.15, 0.2) is 54.7 Å². The first-order valence-electron chi connectivity index (χ1n) is 6.77. The van der Waals surface area contributed by atoms with Crippen LogP contribution in [0, 0.1) is 0 Å². The van der Waals surface area contributed by atoms with Gasteiger partial charge in [-0.2, -0.15) is 0 Å². The lowest BCUT2D eigenvalue weighted by Gasteiger charge is -2.12. The van der Waals surface area contributed by atoms with Crippen LogP contribution in [0.25, 0.3) is 10.9 Å². The average Bonchev–Trinajstić information content (AvgIpc) is 2.55. The minimum absolute atomic E-state index is 0.0472. The standard InChI is InChI=1S/C17H12N2O4/c20-16(21)10-5-7-11(8-6-10)19-15-12-3-1-2-4-14(12)18-9-13(15)17(22)23/h1-9H,(H,18,19)(H,20,21)(H,22,23). The lowest BCUT2D eigenvalue weighted by atomic mass is 10.1. The zero-order valence-electron chi connectivity index (χ0n) is 11.9. The van der Waals surface area contributed by atoms with Crippen LogP contribution in [0.4, 0.5) is 11.4 Å². The lowest BCUT2D eigenvalue weighted by molar-refractivity contribution is 0.0686. The highest BCUT2D eigenvalue weighted by Crippen LogP contribution is 2.29. The molecule has 0 fully saturated rings. The van der Waals surface area contributed by atoms with E-state index >= 15 is 0 Å². The van der Waals surface area contributed by atoms with Crippen molar-refractivity contribution in [3.63, 3.8) is 0 Å². The molecule has 3 rings (SSSR count). The third-order valence-electron chi connectivity index (χ3n) is 3.41. The van der Waals surface area contributed by atoms with Crippen molar-refractivity contribution in [1.82, 2.24) is 4.98 Å². The summed E-state index contributed by atoms with van der Waals surface area (Å²) in [6.07, 6.45) is 1.30. The molecule has 0 bridgehead atoms. The molecular weight excluding hydrogens is 296 g/mol. The number of hydrogen-bond donors (Lipinski definition) is 3. The summed E-state index contributed by atoms with van der Waals surface area (Å²) in [5.41, 5.74) is 1.89. The molecule has 0 aliphatic carbocycles. The van der Waals surface area contributed by atoms with E-state index in [2.05, 4.69) is 10.3 Å². The zero-order chi connectivity index (χ0) is 16.4. The number of benzene rings is 2. The second-order valence-corrected chi connectivity index (χ2v) is 4.88. The molecule has 0 aliphatic heterocycles. The Morgan fingerprint density at radius 1 is 0.913 bits per heavy atom. The quantitative estimate of drug-likeness (QED) is 0.683. The fraction of sp³-hybridized carbons (Fsp3) is 0. The predicted molar refractivity (Wildman–Crippen MR) is 85.4 cm³/mol. The average molecular weight is 308 g/mol. The van der Waals surface area contributed by atoms with Gasteiger partial charge in [0, 0.05) is 17.3 Å². The number of hydrogen-bond acceptors (Lipinski definition) is 4. The summed E-state index contributed by atoms with van der Waals surface area (Å²) in [7, 11) is 0. The molecule has 3 aromatic rings. The third-order valence-corrected chi connectivity index (χ3v) is 3.41. The number of rotatable bonds is 4. The first kappa shape index (κ1) is 14.5. The van der Waals surface area contributed by atoms with Gasteiger partial charge >= 0.3 is 11.9 Å². The van der Waals surface area contributed by atoms with E-state index in [0.717, 1.165) is 0 Å². The van der Waals surface area contributed by atoms with Crippen molar-refractivity contribution in [2.45, 2.75) is 0 Å². The summed E-state index contributed by atoms with van der Waals surface area (Å²) in [5.74, 6) is -2.11. The molecule has 3 N–H and O–H groups in total. The van der Waals surface area contributed by atoms with E-state index in [0.29, 0.717) is 22.3 Å². The van der Waals surface area contributed by atoms with Gasteiger partial charge in [-0.1, -0.05) is 18.2 Å². The van der Waals surface area contributed by atoms with Crippen LogP contribution >= 0.6 is 0 Å². The topological polar surface area (TPSA) is 99.5 Å². The van der Waals surface area contributed by atoms with Crippen molar-refractivity contribution in [2.24, 2.45) is 0 Å². The Morgan fingerprint density at radius 2 is 1.61 bits per heavy atom. The Bertz CT molecular complexity index is 904. The van der Waals surface area contributed by atoms with E-state index < -0.39 is 11.9 Å². The first-order valence-corrected chi connectivity index (χ1v) is 6.77. The van der Waals surface area contributed by atoms with Gasteiger partial charge in [-0.15, -0.1) is 0 Å². The maximum Gasteiger partial charge on any atom is 0.339 e. The number of nitrogens with zero attached hydrogens (tertiary/aromatic N) is 1. The molecule has 1 heterocycles. The van der Waals surface area contributed by atoms with Crippen molar-refractivity contribution in [1.29, 1.82) is 0 Å². The molecule has 114 valence electrons. The fourth-order valence-corrected chi connectivity index (χ4v) is 2.28. The number of aromatic nitrogens is 1. The second kappa shape index (κ2) is 5.76. The monoisotopic (exact) mass is 308 g/mol. The second-order valence-electron chi connectivity index (χ2n) is 4.88. The van der Waals surface area contributed by atoms with E-state index in [1.165, 1.54) is 18.3 Å². The van der Waals surface area contributed by atoms with Crippen LogP contribution in [0.2, 0.25) is 0 Å². The van der Waals surface area contributed by atoms with Crippen molar-refractivity contribution in [3.8, 4) is 0 Å². The summed E-state index contributed by atoms with van der Waals surface area (Å²) in [6.45, 7) is 0. The number of carbonyl (C=O) groups is 2. The largest absolute Gasteiger partial charge is 0.478 e. The van der Waals surface area contributed by atoms with Gasteiger partial charge in [-0.3, -0.25) is 4.98 Å². The van der Waals surface area contributed by atoms with Gasteiger partial charge in [-0.05, 0) is 30.3 Å². The number of anilines is 2. The summed E-state index contributed by atoms with van der Waals surface area (Å²) < 4.78 is 0. The Labute approximate surface area is 131 Å². The van der Waals surface area contributed by atoms with Gasteiger partial charge in [0.05, 0.1) is 16.8 Å². The van der Waals surface area contributed by atoms with Crippen LogP contribution in [0.3, 0.4) is 0 Å². The summed E-state index contributed by atoms with van der Waals surface area (Å²) in [4.78, 5) is 26.5. The van der Waals surface area contributed by atoms with Crippen LogP contribution in [-0.2, 0) is 0 Å². The molecule has 0 saturated carbocycles. The number of carboxylic acids is 2. The normalized spacial score (nSPS) is 10.4. The van der Waals surface area contributed by atoms with Crippen LogP contribution < -0.4 is 5.32 Å². The van der Waals surface area contributed by atoms with Gasteiger partial charge in [0.1, 0.15) is 5.56 Å². The molecule has 1 aromatic heterocycles. The van der Waals surface area contributed by atoms with Crippen LogP contribution in [0.1, 0.15) is 20.7 Å². The smallest absolute Gasteiger partial charge is 0.339 e. The molecule has 2 aromatic carbocycles. The molecule has 0 spiro atoms. The van der Waals surface area contributed by atoms with Gasteiger partial charge in [0.15, 0.2) is 0 Å². The molecule has 0 amide bonds. The Kier molecular flexibility index (Phi) is 3.64. The molecule has 0 aliphatic rings. The molecule has 0 saturated heterocycles. The minimum Gasteiger partial charge on any atom is -0.478 e. The fourth-order valence-electron chi connectivity index (χ4n) is 2.28. The van der Waals surface area contributed by atoms with Crippen molar-refractivity contribution in [3.05, 3.63) is 65.9 Å². The first-order chi connectivity index (χ1) is 11.1. The molecule has 0 radical (unpaired) electrons. The number of carboxylic acid groups (broad SMARTS) is 2. The van der Waals surface area contributed by atoms with E-state index in [1.807, 2.05) is 6.07 Å². The Morgan fingerprint density at radius 3 is 2.26 bits per heavy atom. The highest BCUT2D eigenvalue weighted by molar-refractivity contribution is 6.05. The van der Waals surface area contributed by atoms with Crippen molar-refractivity contribution < 1.29 is 19.8 Å². The van der Waals surface area contributed by atoms with Gasteiger partial charge < -0.3 is 15.5 Å². The minimum atomic E-state index is -1.09. The van der Waals surface area contributed by atoms with Crippen molar-refractivity contribution in [2.75, 3.05) is 5.32 Å². The zero-order valence-corrected chi connectivity index (χ0v) is 11.9. The molecule has 23 heavy (non-hydrogen) atoms. The van der Waals surface area contributed by atoms with Crippen LogP contribution in [0.5, 0.6) is 0 Å². The van der Waals surface area contributed by atoms with E-state index in [4.69, 9.17) is 5.11 Å². The molecule has 6 heteroatoms. The molecule has 0 unspecified atom stereocenters. The van der Waals surface area contributed by atoms with Crippen LogP contribution in [-0.4, -0.2) is 27.1 Å². The van der Waals surface area contributed by atoms with Gasteiger partial charge in [-0.25, -0.2) is 9.59 Å². The number of aromatic carboxylic acids is 2. The molecule has 6 nitrogen and oxygen atoms in total. The molecule has 0 atom stereocenters. The van der Waals surface area contributed by atoms with Gasteiger partial charge in [0.2, 0.25) is 0 Å². The van der Waals surface area contributed by atoms with E-state index in [9.17, 15) is 14.7 Å². The van der Waals surface area contributed by atoms with E-state index in [1.54, 1.807) is 30.3 Å². The maximum atomic E-state index is 11.4. The van der Waals surface area contributed by atoms with E-state index in [-0.39, 0.29) is 11.1 Å². The Balaban J connectivity index is 2.09. The number of pyridine rings is 1. The Hall–Kier alpha value is -3.41. The van der Waals surface area contributed by atoms with Crippen molar-refractivity contribution >= 4 is 34.2 Å². The summed E-state index contributed by atoms with van der Waals surface area (Å²) >= 11 is 0. The highest BCUT2D eigenvalue weighted by Gasteiger charge is 2.14. The predicted octanol–water partition coefficient (Wildman–Crippen LogP) is 3.37. The number of para-hydroxylation sites is 1. The summed E-state index contributed by atoms with van der Waals surface area (Å²) in [6, 6.07) is 13.3. The summed E-state index contributed by atoms with van der Waals surface area (Å²) in [5, 5.41) is 22.0.